The molecule has 2 atom stereocenters. The van der Waals surface area contributed by atoms with Gasteiger partial charge in [0, 0.05) is 42.5 Å². The van der Waals surface area contributed by atoms with Crippen molar-refractivity contribution in [2.45, 2.75) is 90.8 Å². The summed E-state index contributed by atoms with van der Waals surface area (Å²) in [4.78, 5) is 13.7. The third-order valence-electron chi connectivity index (χ3n) is 7.76. The summed E-state index contributed by atoms with van der Waals surface area (Å²) in [7, 11) is -3.01. The lowest BCUT2D eigenvalue weighted by Crippen LogP contribution is -2.52. The molecular formula is C32H50F2N4O4S. The van der Waals surface area contributed by atoms with Gasteiger partial charge in [0.15, 0.2) is 0 Å². The first kappa shape index (κ1) is 35.0. The lowest BCUT2D eigenvalue weighted by molar-refractivity contribution is 0.0811. The summed E-state index contributed by atoms with van der Waals surface area (Å²) >= 11 is 0. The van der Waals surface area contributed by atoms with Crippen LogP contribution in [0.3, 0.4) is 0 Å². The smallest absolute Gasteiger partial charge is 0.251 e. The van der Waals surface area contributed by atoms with Crippen molar-refractivity contribution in [1.82, 2.24) is 10.6 Å². The van der Waals surface area contributed by atoms with Crippen LogP contribution in [0.1, 0.15) is 82.6 Å². The first-order valence-electron chi connectivity index (χ1n) is 15.3. The van der Waals surface area contributed by atoms with E-state index in [0.717, 1.165) is 31.7 Å². The van der Waals surface area contributed by atoms with Gasteiger partial charge in [-0.2, -0.15) is 0 Å². The van der Waals surface area contributed by atoms with Gasteiger partial charge in [0.25, 0.3) is 5.91 Å². The number of nitrogens with zero attached hydrogens (tertiary/aromatic N) is 1. The van der Waals surface area contributed by atoms with Crippen molar-refractivity contribution in [2.75, 3.05) is 35.0 Å². The quantitative estimate of drug-likeness (QED) is 0.133. The van der Waals surface area contributed by atoms with Gasteiger partial charge in [-0.15, -0.1) is 10.8 Å². The Kier molecular flexibility index (Phi) is 12.6. The molecule has 1 aliphatic heterocycles. The van der Waals surface area contributed by atoms with Crippen LogP contribution in [0, 0.1) is 17.6 Å². The van der Waals surface area contributed by atoms with E-state index in [1.807, 2.05) is 6.92 Å². The predicted molar refractivity (Wildman–Crippen MR) is 173 cm³/mol. The zero-order valence-corrected chi connectivity index (χ0v) is 26.9. The fraction of sp³-hybridized carbons (Fsp3) is 0.594. The first-order chi connectivity index (χ1) is 20.2. The number of benzene rings is 2. The van der Waals surface area contributed by atoms with E-state index < -0.39 is 40.5 Å². The summed E-state index contributed by atoms with van der Waals surface area (Å²) in [5.41, 5.74) is 1.46. The van der Waals surface area contributed by atoms with E-state index in [2.05, 4.69) is 43.6 Å². The number of β-amino-alcohol motifs (C(OH)–C–C–N with tert-alkyl or cyclic N) is 1. The van der Waals surface area contributed by atoms with Crippen LogP contribution < -0.4 is 20.3 Å². The topological polar surface area (TPSA) is 117 Å². The second kappa shape index (κ2) is 15.5. The van der Waals surface area contributed by atoms with Crippen LogP contribution in [0.5, 0.6) is 0 Å². The molecule has 0 radical (unpaired) electrons. The molecule has 1 fully saturated rings. The molecule has 2 aromatic rings. The summed E-state index contributed by atoms with van der Waals surface area (Å²) in [5.74, 6) is -1.10. The number of carbonyl (C=O) groups excluding carboxylic acids is 1. The monoisotopic (exact) mass is 624 g/mol. The lowest BCUT2D eigenvalue weighted by Gasteiger charge is -2.47. The maximum Gasteiger partial charge on any atom is 0.251 e. The highest BCUT2D eigenvalue weighted by atomic mass is 32.3. The van der Waals surface area contributed by atoms with Gasteiger partial charge in [-0.1, -0.05) is 26.7 Å². The number of hydrogen-bond donors (Lipinski definition) is 6. The van der Waals surface area contributed by atoms with Gasteiger partial charge in [0.1, 0.15) is 11.6 Å². The molecule has 1 heterocycles. The summed E-state index contributed by atoms with van der Waals surface area (Å²) in [6, 6.07) is 7.37. The molecule has 0 saturated carbocycles. The second-order valence-electron chi connectivity index (χ2n) is 12.6. The zero-order chi connectivity index (χ0) is 31.8. The van der Waals surface area contributed by atoms with Crippen molar-refractivity contribution in [3.8, 4) is 0 Å². The Morgan fingerprint density at radius 1 is 1.07 bits per heavy atom. The van der Waals surface area contributed by atoms with Gasteiger partial charge in [-0.3, -0.25) is 18.2 Å². The minimum absolute atomic E-state index is 0.00344. The van der Waals surface area contributed by atoms with E-state index >= 15 is 0 Å². The number of rotatable bonds is 15. The molecule has 0 bridgehead atoms. The molecule has 242 valence electrons. The molecule has 1 saturated heterocycles. The average Bonchev–Trinajstić information content (AvgIpc) is 2.90. The summed E-state index contributed by atoms with van der Waals surface area (Å²) < 4.78 is 51.1. The summed E-state index contributed by atoms with van der Waals surface area (Å²) in [6.07, 6.45) is 3.47. The van der Waals surface area contributed by atoms with Crippen molar-refractivity contribution >= 4 is 28.1 Å². The minimum Gasteiger partial charge on any atom is -0.390 e. The third kappa shape index (κ3) is 10.9. The van der Waals surface area contributed by atoms with Gasteiger partial charge in [-0.25, -0.2) is 8.78 Å². The van der Waals surface area contributed by atoms with Crippen molar-refractivity contribution < 1.29 is 27.8 Å². The Balaban J connectivity index is 1.85. The van der Waals surface area contributed by atoms with Crippen molar-refractivity contribution in [2.24, 2.45) is 5.92 Å². The standard InChI is InChI=1S/C32H50F2N4O4S/c1-6-35-27-17-24(18-28(20-27)38-12-7-8-13-43(38,41)42)31(40)37-29(16-23-14-25(33)19-26(34)15-23)30(39)21-36-32(4,5)11-9-10-22(2)3/h14-15,17-20,22,29-30,35-36,39,41-42H,6-13,16,21H2,1-5H3,(H,37,40)/t29-,30-/m0/s1. The number of halogens is 2. The molecule has 11 heteroatoms. The normalized spacial score (nSPS) is 17.4. The van der Waals surface area contributed by atoms with E-state index in [-0.39, 0.29) is 29.8 Å². The highest BCUT2D eigenvalue weighted by molar-refractivity contribution is 8.25. The van der Waals surface area contributed by atoms with Crippen molar-refractivity contribution in [3.63, 3.8) is 0 Å². The average molecular weight is 625 g/mol. The van der Waals surface area contributed by atoms with E-state index in [0.29, 0.717) is 42.4 Å². The maximum atomic E-state index is 14.0. The molecule has 0 spiro atoms. The van der Waals surface area contributed by atoms with Gasteiger partial charge in [-0.05, 0) is 88.3 Å². The fourth-order valence-corrected chi connectivity index (χ4v) is 7.06. The molecule has 0 aromatic heterocycles. The maximum absolute atomic E-state index is 14.0. The molecule has 2 aromatic carbocycles. The third-order valence-corrected chi connectivity index (χ3v) is 9.70. The Hall–Kier alpha value is -2.44. The van der Waals surface area contributed by atoms with Crippen molar-refractivity contribution in [1.29, 1.82) is 0 Å². The van der Waals surface area contributed by atoms with Gasteiger partial charge in [0.2, 0.25) is 0 Å². The van der Waals surface area contributed by atoms with Gasteiger partial charge < -0.3 is 21.1 Å². The molecule has 6 N–H and O–H groups in total. The molecule has 1 aliphatic rings. The predicted octanol–water partition coefficient (Wildman–Crippen LogP) is 6.56. The van der Waals surface area contributed by atoms with Crippen molar-refractivity contribution in [3.05, 3.63) is 59.2 Å². The van der Waals surface area contributed by atoms with Crippen LogP contribution in [-0.4, -0.2) is 63.2 Å². The van der Waals surface area contributed by atoms with Gasteiger partial charge in [0.05, 0.1) is 23.6 Å². The van der Waals surface area contributed by atoms with E-state index in [9.17, 15) is 27.8 Å². The molecule has 8 nitrogen and oxygen atoms in total. The zero-order valence-electron chi connectivity index (χ0n) is 26.1. The SMILES string of the molecule is CCNc1cc(C(=O)N[C@@H](Cc2cc(F)cc(F)c2)[C@@H](O)CNC(C)(C)CCCC(C)C)cc(N2CCCCS2(O)O)c1. The largest absolute Gasteiger partial charge is 0.390 e. The lowest BCUT2D eigenvalue weighted by atomic mass is 9.93. The Morgan fingerprint density at radius 3 is 2.40 bits per heavy atom. The van der Waals surface area contributed by atoms with Crippen LogP contribution in [0.4, 0.5) is 20.2 Å². The van der Waals surface area contributed by atoms with E-state index in [1.165, 1.54) is 12.1 Å². The number of carbonyl (C=O) groups is 1. The van der Waals surface area contributed by atoms with Gasteiger partial charge >= 0.3 is 0 Å². The van der Waals surface area contributed by atoms with Crippen LogP contribution in [-0.2, 0) is 6.42 Å². The van der Waals surface area contributed by atoms with E-state index in [1.54, 1.807) is 22.5 Å². The van der Waals surface area contributed by atoms with Crippen LogP contribution in [0.25, 0.3) is 0 Å². The molecule has 43 heavy (non-hydrogen) atoms. The Morgan fingerprint density at radius 2 is 1.77 bits per heavy atom. The van der Waals surface area contributed by atoms with Crippen LogP contribution in [0.2, 0.25) is 0 Å². The van der Waals surface area contributed by atoms with Crippen LogP contribution >= 0.6 is 10.8 Å². The highest BCUT2D eigenvalue weighted by Crippen LogP contribution is 2.50. The Labute approximate surface area is 257 Å². The molecule has 0 aliphatic carbocycles. The molecular weight excluding hydrogens is 574 g/mol. The summed E-state index contributed by atoms with van der Waals surface area (Å²) in [6.45, 7) is 11.6. The minimum atomic E-state index is -3.01. The number of nitrogens with one attached hydrogen (secondary N) is 3. The van der Waals surface area contributed by atoms with Crippen LogP contribution in [0.15, 0.2) is 36.4 Å². The first-order valence-corrected chi connectivity index (χ1v) is 17.0. The highest BCUT2D eigenvalue weighted by Gasteiger charge is 2.29. The second-order valence-corrected chi connectivity index (χ2v) is 14.7. The van der Waals surface area contributed by atoms with E-state index in [4.69, 9.17) is 0 Å². The number of aliphatic hydroxyl groups excluding tert-OH is 1. The molecule has 0 unspecified atom stereocenters. The fourth-order valence-electron chi connectivity index (χ4n) is 5.38. The summed E-state index contributed by atoms with van der Waals surface area (Å²) in [5, 5.41) is 20.8. The molecule has 1 amide bonds. The molecule has 3 rings (SSSR count). The number of amides is 1. The number of hydrogen-bond acceptors (Lipinski definition) is 7. The number of anilines is 2. The number of aliphatic hydroxyl groups is 1. The Bertz CT molecular complexity index is 1190.